The first-order valence-corrected chi connectivity index (χ1v) is 8.61. The van der Waals surface area contributed by atoms with Gasteiger partial charge in [-0.2, -0.15) is 0 Å². The second-order valence-corrected chi connectivity index (χ2v) is 6.18. The van der Waals surface area contributed by atoms with Crippen LogP contribution in [0.2, 0.25) is 0 Å². The van der Waals surface area contributed by atoms with Crippen LogP contribution in [0.4, 0.5) is 0 Å². The molecule has 1 aromatic carbocycles. The fraction of sp³-hybridized carbons (Fsp3) is 0.222. The number of hydrogen-bond acceptors (Lipinski definition) is 6. The third kappa shape index (κ3) is 4.60. The van der Waals surface area contributed by atoms with Crippen molar-refractivity contribution in [2.45, 2.75) is 6.04 Å². The number of carbonyl (C=O) groups excluding carboxylic acids is 2. The molecule has 3 rings (SSSR count). The fourth-order valence-corrected chi connectivity index (χ4v) is 3.10. The Bertz CT molecular complexity index is 742. The average molecular weight is 359 g/mol. The van der Waals surface area contributed by atoms with E-state index in [1.165, 1.54) is 6.26 Å². The Morgan fingerprint density at radius 2 is 2.00 bits per heavy atom. The molecule has 130 valence electrons. The van der Waals surface area contributed by atoms with E-state index in [1.807, 2.05) is 47.8 Å². The minimum Gasteiger partial charge on any atom is -0.493 e. The van der Waals surface area contributed by atoms with Gasteiger partial charge in [0.05, 0.1) is 6.04 Å². The highest BCUT2D eigenvalue weighted by atomic mass is 32.1. The Labute approximate surface area is 149 Å². The van der Waals surface area contributed by atoms with E-state index in [2.05, 4.69) is 5.32 Å². The molecule has 0 fully saturated rings. The minimum absolute atomic E-state index is 0.0306. The molecule has 1 N–H and O–H groups in total. The molecule has 0 aliphatic carbocycles. The summed E-state index contributed by atoms with van der Waals surface area (Å²) in [5, 5.41) is 4.85. The van der Waals surface area contributed by atoms with E-state index >= 15 is 0 Å². The third-order valence-corrected chi connectivity index (χ3v) is 4.39. The van der Waals surface area contributed by atoms with Crippen LogP contribution >= 0.6 is 11.3 Å². The number of carbonyl (C=O) groups is 2. The lowest BCUT2D eigenvalue weighted by atomic mass is 10.1. The Morgan fingerprint density at radius 1 is 1.16 bits per heavy atom. The molecule has 1 aliphatic rings. The number of amides is 1. The Balaban J connectivity index is 1.61. The normalized spacial score (nSPS) is 14.5. The molecule has 25 heavy (non-hydrogen) atoms. The summed E-state index contributed by atoms with van der Waals surface area (Å²) >= 11 is 1.55. The number of thiophene rings is 1. The van der Waals surface area contributed by atoms with E-state index in [-0.39, 0.29) is 18.4 Å². The summed E-state index contributed by atoms with van der Waals surface area (Å²) in [6, 6.07) is 13.2. The lowest BCUT2D eigenvalue weighted by Crippen LogP contribution is -2.33. The summed E-state index contributed by atoms with van der Waals surface area (Å²) in [5.74, 6) is -1.15. The van der Waals surface area contributed by atoms with Gasteiger partial charge in [-0.05, 0) is 17.0 Å². The van der Waals surface area contributed by atoms with E-state index in [1.54, 1.807) is 11.3 Å². The lowest BCUT2D eigenvalue weighted by Gasteiger charge is -2.18. The molecule has 0 bridgehead atoms. The number of rotatable bonds is 6. The maximum absolute atomic E-state index is 12.2. The summed E-state index contributed by atoms with van der Waals surface area (Å²) in [6.07, 6.45) is 1.20. The summed E-state index contributed by atoms with van der Waals surface area (Å²) in [7, 11) is 0. The van der Waals surface area contributed by atoms with Crippen LogP contribution in [0.15, 0.2) is 59.9 Å². The minimum atomic E-state index is -0.720. The molecule has 0 spiro atoms. The molecule has 0 unspecified atom stereocenters. The van der Waals surface area contributed by atoms with E-state index in [0.717, 1.165) is 10.4 Å². The van der Waals surface area contributed by atoms with Crippen molar-refractivity contribution in [3.05, 3.63) is 70.3 Å². The topological polar surface area (TPSA) is 73.9 Å². The van der Waals surface area contributed by atoms with E-state index < -0.39 is 18.5 Å². The Kier molecular flexibility index (Phi) is 5.69. The van der Waals surface area contributed by atoms with Crippen LogP contribution in [-0.4, -0.2) is 31.7 Å². The van der Waals surface area contributed by atoms with Gasteiger partial charge in [-0.25, -0.2) is 4.79 Å². The first kappa shape index (κ1) is 17.0. The maximum atomic E-state index is 12.2. The molecule has 1 aromatic heterocycles. The van der Waals surface area contributed by atoms with Crippen molar-refractivity contribution in [3.63, 3.8) is 0 Å². The smallest absolute Gasteiger partial charge is 0.377 e. The third-order valence-electron chi connectivity index (χ3n) is 3.45. The molecule has 1 atom stereocenters. The molecular formula is C18H17NO5S. The van der Waals surface area contributed by atoms with Crippen LogP contribution in [0.3, 0.4) is 0 Å². The first-order valence-electron chi connectivity index (χ1n) is 7.73. The van der Waals surface area contributed by atoms with Gasteiger partial charge in [0.15, 0.2) is 6.61 Å². The SMILES string of the molecule is O=C(COC(=O)C1=COCCO1)N[C@@H](c1ccccc1)c1cccs1. The molecular weight excluding hydrogens is 342 g/mol. The van der Waals surface area contributed by atoms with Crippen molar-refractivity contribution in [1.82, 2.24) is 5.32 Å². The van der Waals surface area contributed by atoms with Gasteiger partial charge in [-0.3, -0.25) is 4.79 Å². The summed E-state index contributed by atoms with van der Waals surface area (Å²) < 4.78 is 15.1. The predicted molar refractivity (Wildman–Crippen MR) is 91.7 cm³/mol. The second-order valence-electron chi connectivity index (χ2n) is 5.20. The lowest BCUT2D eigenvalue weighted by molar-refractivity contribution is -0.149. The standard InChI is InChI=1S/C18H17NO5S/c20-16(12-24-18(21)14-11-22-8-9-23-14)19-17(15-7-4-10-25-15)13-5-2-1-3-6-13/h1-7,10-11,17H,8-9,12H2,(H,19,20)/t17-/m0/s1. The number of nitrogens with one attached hydrogen (secondary N) is 1. The Morgan fingerprint density at radius 3 is 2.68 bits per heavy atom. The average Bonchev–Trinajstić information content (AvgIpc) is 3.20. The van der Waals surface area contributed by atoms with Gasteiger partial charge in [0, 0.05) is 4.88 Å². The highest BCUT2D eigenvalue weighted by Gasteiger charge is 2.21. The molecule has 6 nitrogen and oxygen atoms in total. The van der Waals surface area contributed by atoms with Gasteiger partial charge in [0.1, 0.15) is 19.5 Å². The van der Waals surface area contributed by atoms with Crippen LogP contribution in [0.25, 0.3) is 0 Å². The van der Waals surface area contributed by atoms with Crippen molar-refractivity contribution >= 4 is 23.2 Å². The molecule has 1 amide bonds. The summed E-state index contributed by atoms with van der Waals surface area (Å²) in [6.45, 7) is 0.271. The summed E-state index contributed by atoms with van der Waals surface area (Å²) in [5.41, 5.74) is 0.955. The van der Waals surface area contributed by atoms with E-state index in [0.29, 0.717) is 6.61 Å². The van der Waals surface area contributed by atoms with Crippen molar-refractivity contribution in [2.24, 2.45) is 0 Å². The van der Waals surface area contributed by atoms with Gasteiger partial charge < -0.3 is 19.5 Å². The van der Waals surface area contributed by atoms with Crippen LogP contribution in [0, 0.1) is 0 Å². The van der Waals surface area contributed by atoms with E-state index in [9.17, 15) is 9.59 Å². The Hall–Kier alpha value is -2.80. The van der Waals surface area contributed by atoms with Gasteiger partial charge in [-0.1, -0.05) is 36.4 Å². The predicted octanol–water partition coefficient (Wildman–Crippen LogP) is 2.39. The van der Waals surface area contributed by atoms with Crippen LogP contribution in [-0.2, 0) is 23.8 Å². The van der Waals surface area contributed by atoms with Crippen LogP contribution < -0.4 is 5.32 Å². The highest BCUT2D eigenvalue weighted by molar-refractivity contribution is 7.10. The van der Waals surface area contributed by atoms with Gasteiger partial charge >= 0.3 is 5.97 Å². The van der Waals surface area contributed by atoms with Gasteiger partial charge in [-0.15, -0.1) is 11.3 Å². The van der Waals surface area contributed by atoms with Gasteiger partial charge in [0.25, 0.3) is 5.91 Å². The number of esters is 1. The van der Waals surface area contributed by atoms with Crippen molar-refractivity contribution in [1.29, 1.82) is 0 Å². The number of ether oxygens (including phenoxy) is 3. The zero-order chi connectivity index (χ0) is 17.5. The van der Waals surface area contributed by atoms with Crippen molar-refractivity contribution in [2.75, 3.05) is 19.8 Å². The first-order chi connectivity index (χ1) is 12.2. The second kappa shape index (κ2) is 8.34. The molecule has 2 aromatic rings. The molecule has 0 radical (unpaired) electrons. The molecule has 2 heterocycles. The molecule has 0 saturated heterocycles. The molecule has 0 saturated carbocycles. The van der Waals surface area contributed by atoms with Crippen molar-refractivity contribution < 1.29 is 23.8 Å². The van der Waals surface area contributed by atoms with E-state index in [4.69, 9.17) is 14.2 Å². The quantitative estimate of drug-likeness (QED) is 0.802. The zero-order valence-corrected chi connectivity index (χ0v) is 14.2. The maximum Gasteiger partial charge on any atom is 0.377 e. The largest absolute Gasteiger partial charge is 0.493 e. The zero-order valence-electron chi connectivity index (χ0n) is 13.3. The summed E-state index contributed by atoms with van der Waals surface area (Å²) in [4.78, 5) is 25.0. The number of hydrogen-bond donors (Lipinski definition) is 1. The van der Waals surface area contributed by atoms with Gasteiger partial charge in [0.2, 0.25) is 5.76 Å². The fourth-order valence-electron chi connectivity index (χ4n) is 2.30. The number of benzene rings is 1. The van der Waals surface area contributed by atoms with Crippen molar-refractivity contribution in [3.8, 4) is 0 Å². The molecule has 1 aliphatic heterocycles. The monoisotopic (exact) mass is 359 g/mol. The highest BCUT2D eigenvalue weighted by Crippen LogP contribution is 2.25. The molecule has 7 heteroatoms. The van der Waals surface area contributed by atoms with Crippen LogP contribution in [0.1, 0.15) is 16.5 Å². The van der Waals surface area contributed by atoms with Crippen LogP contribution in [0.5, 0.6) is 0 Å².